The Morgan fingerprint density at radius 1 is 1.06 bits per heavy atom. The standard InChI is InChI=1S/C24H25N3O4S2/c1-5-31-17-9-7-16(8-10-17)21-14(3)32-24-22(21)23(25-15(4)26-24)27-19-13-18(11-12-20(19)28)33(29,30)6-2/h7-13,28H,5-6H2,1-4H3,(H,25,26,27). The molecule has 33 heavy (non-hydrogen) atoms. The van der Waals surface area contributed by atoms with Crippen LogP contribution in [0.5, 0.6) is 11.5 Å². The smallest absolute Gasteiger partial charge is 0.178 e. The molecule has 0 spiro atoms. The van der Waals surface area contributed by atoms with Crippen LogP contribution < -0.4 is 10.1 Å². The molecule has 0 bridgehead atoms. The van der Waals surface area contributed by atoms with Crippen LogP contribution in [0.1, 0.15) is 24.5 Å². The molecule has 2 heterocycles. The monoisotopic (exact) mass is 483 g/mol. The molecule has 2 aromatic carbocycles. The van der Waals surface area contributed by atoms with Gasteiger partial charge in [0, 0.05) is 10.4 Å². The van der Waals surface area contributed by atoms with Gasteiger partial charge in [0.1, 0.15) is 28.0 Å². The van der Waals surface area contributed by atoms with E-state index in [9.17, 15) is 13.5 Å². The van der Waals surface area contributed by atoms with E-state index in [1.807, 2.05) is 38.1 Å². The van der Waals surface area contributed by atoms with Gasteiger partial charge < -0.3 is 15.2 Å². The number of hydrogen-bond donors (Lipinski definition) is 2. The number of hydrogen-bond acceptors (Lipinski definition) is 8. The van der Waals surface area contributed by atoms with Crippen LogP contribution in [0.3, 0.4) is 0 Å². The van der Waals surface area contributed by atoms with Gasteiger partial charge in [0.05, 0.1) is 28.3 Å². The number of phenolic OH excluding ortho intramolecular Hbond substituents is 1. The number of aryl methyl sites for hydroxylation is 2. The number of thiophene rings is 1. The van der Waals surface area contributed by atoms with Crippen molar-refractivity contribution in [2.24, 2.45) is 0 Å². The Labute approximate surface area is 197 Å². The molecule has 4 rings (SSSR count). The van der Waals surface area contributed by atoms with Gasteiger partial charge in [-0.15, -0.1) is 11.3 Å². The summed E-state index contributed by atoms with van der Waals surface area (Å²) in [4.78, 5) is 11.2. The fourth-order valence-electron chi connectivity index (χ4n) is 3.64. The summed E-state index contributed by atoms with van der Waals surface area (Å²) in [6, 6.07) is 12.1. The van der Waals surface area contributed by atoms with Crippen LogP contribution >= 0.6 is 11.3 Å². The van der Waals surface area contributed by atoms with Gasteiger partial charge in [0.25, 0.3) is 0 Å². The van der Waals surface area contributed by atoms with Crippen molar-refractivity contribution in [2.45, 2.75) is 32.6 Å². The summed E-state index contributed by atoms with van der Waals surface area (Å²) in [6.07, 6.45) is 0. The molecule has 0 fully saturated rings. The molecule has 9 heteroatoms. The lowest BCUT2D eigenvalue weighted by atomic mass is 10.0. The van der Waals surface area contributed by atoms with Crippen molar-refractivity contribution < 1.29 is 18.3 Å². The topological polar surface area (TPSA) is 101 Å². The summed E-state index contributed by atoms with van der Waals surface area (Å²) in [5.41, 5.74) is 2.24. The summed E-state index contributed by atoms with van der Waals surface area (Å²) in [6.45, 7) is 7.95. The number of nitrogens with zero attached hydrogens (tertiary/aromatic N) is 2. The second-order valence-corrected chi connectivity index (χ2v) is 11.0. The highest BCUT2D eigenvalue weighted by Gasteiger charge is 2.20. The summed E-state index contributed by atoms with van der Waals surface area (Å²) < 4.78 is 30.3. The first-order valence-electron chi connectivity index (χ1n) is 10.6. The average molecular weight is 484 g/mol. The van der Waals surface area contributed by atoms with Crippen LogP contribution in [-0.2, 0) is 9.84 Å². The number of ether oxygens (including phenoxy) is 1. The quantitative estimate of drug-likeness (QED) is 0.329. The van der Waals surface area contributed by atoms with Gasteiger partial charge >= 0.3 is 0 Å². The zero-order valence-corrected chi connectivity index (χ0v) is 20.5. The van der Waals surface area contributed by atoms with E-state index in [4.69, 9.17) is 4.74 Å². The van der Waals surface area contributed by atoms with Crippen molar-refractivity contribution >= 4 is 42.9 Å². The predicted octanol–water partition coefficient (Wildman–Crippen LogP) is 5.62. The number of nitrogens with one attached hydrogen (secondary N) is 1. The Morgan fingerprint density at radius 3 is 2.45 bits per heavy atom. The molecular formula is C24H25N3O4S2. The fraction of sp³-hybridized carbons (Fsp3) is 0.250. The highest BCUT2D eigenvalue weighted by molar-refractivity contribution is 7.91. The third-order valence-corrected chi connectivity index (χ3v) is 7.99. The lowest BCUT2D eigenvalue weighted by molar-refractivity contribution is 0.340. The van der Waals surface area contributed by atoms with E-state index in [0.717, 1.165) is 32.0 Å². The highest BCUT2D eigenvalue weighted by Crippen LogP contribution is 2.42. The maximum Gasteiger partial charge on any atom is 0.178 e. The molecule has 4 aromatic rings. The van der Waals surface area contributed by atoms with Gasteiger partial charge in [-0.1, -0.05) is 19.1 Å². The van der Waals surface area contributed by atoms with Gasteiger partial charge in [-0.25, -0.2) is 18.4 Å². The van der Waals surface area contributed by atoms with Crippen LogP contribution in [0.15, 0.2) is 47.4 Å². The van der Waals surface area contributed by atoms with E-state index in [-0.39, 0.29) is 22.1 Å². The lowest BCUT2D eigenvalue weighted by Crippen LogP contribution is -2.05. The number of rotatable bonds is 7. The van der Waals surface area contributed by atoms with Gasteiger partial charge in [-0.3, -0.25) is 0 Å². The Hall–Kier alpha value is -3.17. The number of anilines is 2. The predicted molar refractivity (Wildman–Crippen MR) is 133 cm³/mol. The Balaban J connectivity index is 1.86. The zero-order chi connectivity index (χ0) is 23.8. The molecule has 0 saturated heterocycles. The largest absolute Gasteiger partial charge is 0.506 e. The van der Waals surface area contributed by atoms with Gasteiger partial charge in [-0.05, 0) is 56.7 Å². The maximum atomic E-state index is 12.4. The maximum absolute atomic E-state index is 12.4. The summed E-state index contributed by atoms with van der Waals surface area (Å²) in [7, 11) is -3.43. The number of sulfone groups is 1. The first-order valence-corrected chi connectivity index (χ1v) is 13.0. The molecule has 7 nitrogen and oxygen atoms in total. The number of phenols is 1. The molecule has 2 N–H and O–H groups in total. The molecular weight excluding hydrogens is 458 g/mol. The highest BCUT2D eigenvalue weighted by atomic mass is 32.2. The molecule has 172 valence electrons. The lowest BCUT2D eigenvalue weighted by Gasteiger charge is -2.13. The normalized spacial score (nSPS) is 11.6. The second kappa shape index (κ2) is 8.99. The van der Waals surface area contributed by atoms with Crippen molar-refractivity contribution in [3.63, 3.8) is 0 Å². The van der Waals surface area contributed by atoms with Crippen molar-refractivity contribution in [2.75, 3.05) is 17.7 Å². The SMILES string of the molecule is CCOc1ccc(-c2c(C)sc3nc(C)nc(Nc4cc(S(=O)(=O)CC)ccc4O)c23)cc1. The minimum Gasteiger partial charge on any atom is -0.506 e. The summed E-state index contributed by atoms with van der Waals surface area (Å²) >= 11 is 1.56. The molecule has 0 aliphatic carbocycles. The Bertz CT molecular complexity index is 1430. The van der Waals surface area contributed by atoms with Crippen LogP contribution in [0.2, 0.25) is 0 Å². The number of fused-ring (bicyclic) bond motifs is 1. The third kappa shape index (κ3) is 4.51. The summed E-state index contributed by atoms with van der Waals surface area (Å²) in [5.74, 6) is 1.78. The molecule has 0 aliphatic heterocycles. The van der Waals surface area contributed by atoms with Gasteiger partial charge in [0.2, 0.25) is 0 Å². The first kappa shape index (κ1) is 23.0. The average Bonchev–Trinajstić information content (AvgIpc) is 3.11. The minimum atomic E-state index is -3.43. The van der Waals surface area contributed by atoms with E-state index in [0.29, 0.717) is 18.2 Å². The number of aromatic nitrogens is 2. The second-order valence-electron chi connectivity index (χ2n) is 7.50. The zero-order valence-electron chi connectivity index (χ0n) is 18.8. The molecule has 2 aromatic heterocycles. The molecule has 0 saturated carbocycles. The van der Waals surface area contributed by atoms with Crippen molar-refractivity contribution in [3.05, 3.63) is 53.2 Å². The molecule has 0 aliphatic rings. The van der Waals surface area contributed by atoms with Crippen LogP contribution in [0.4, 0.5) is 11.5 Å². The number of aromatic hydroxyl groups is 1. The first-order chi connectivity index (χ1) is 15.7. The van der Waals surface area contributed by atoms with Crippen molar-refractivity contribution in [1.82, 2.24) is 9.97 Å². The van der Waals surface area contributed by atoms with E-state index in [1.165, 1.54) is 18.2 Å². The molecule has 0 radical (unpaired) electrons. The van der Waals surface area contributed by atoms with Crippen LogP contribution in [0.25, 0.3) is 21.3 Å². The van der Waals surface area contributed by atoms with Crippen LogP contribution in [0, 0.1) is 13.8 Å². The van der Waals surface area contributed by atoms with E-state index < -0.39 is 9.84 Å². The number of benzene rings is 2. The van der Waals surface area contributed by atoms with Gasteiger partial charge in [0.15, 0.2) is 9.84 Å². The Kier molecular flexibility index (Phi) is 6.27. The summed E-state index contributed by atoms with van der Waals surface area (Å²) in [5, 5.41) is 14.4. The van der Waals surface area contributed by atoms with E-state index >= 15 is 0 Å². The van der Waals surface area contributed by atoms with Gasteiger partial charge in [-0.2, -0.15) is 0 Å². The Morgan fingerprint density at radius 2 is 1.79 bits per heavy atom. The third-order valence-electron chi connectivity index (χ3n) is 5.25. The molecule has 0 unspecified atom stereocenters. The van der Waals surface area contributed by atoms with Crippen LogP contribution in [-0.4, -0.2) is 35.9 Å². The molecule has 0 atom stereocenters. The van der Waals surface area contributed by atoms with E-state index in [2.05, 4.69) is 15.3 Å². The van der Waals surface area contributed by atoms with E-state index in [1.54, 1.807) is 25.2 Å². The fourth-order valence-corrected chi connectivity index (χ4v) is 5.64. The van der Waals surface area contributed by atoms with Crippen molar-refractivity contribution in [3.8, 4) is 22.6 Å². The van der Waals surface area contributed by atoms with Crippen molar-refractivity contribution in [1.29, 1.82) is 0 Å². The minimum absolute atomic E-state index is 0.0281. The molecule has 0 amide bonds.